The van der Waals surface area contributed by atoms with Crippen molar-refractivity contribution in [2.75, 3.05) is 13.1 Å². The molecular weight excluding hydrogens is 312 g/mol. The van der Waals surface area contributed by atoms with Crippen molar-refractivity contribution >= 4 is 0 Å². The van der Waals surface area contributed by atoms with Crippen molar-refractivity contribution < 1.29 is 9.47 Å². The van der Waals surface area contributed by atoms with E-state index in [9.17, 15) is 0 Å². The van der Waals surface area contributed by atoms with E-state index in [2.05, 4.69) is 34.6 Å². The lowest BCUT2D eigenvalue weighted by atomic mass is 9.95. The van der Waals surface area contributed by atoms with E-state index >= 15 is 0 Å². The molecule has 1 unspecified atom stereocenters. The van der Waals surface area contributed by atoms with Crippen LogP contribution < -0.4 is 14.8 Å². The summed E-state index contributed by atoms with van der Waals surface area (Å²) in [7, 11) is 0. The third-order valence-corrected chi connectivity index (χ3v) is 5.23. The number of nitrogens with zero attached hydrogens (tertiary/aromatic N) is 1. The minimum absolute atomic E-state index is 0.0197. The lowest BCUT2D eigenvalue weighted by Gasteiger charge is -2.26. The van der Waals surface area contributed by atoms with Crippen LogP contribution in [0.15, 0.2) is 48.7 Å². The van der Waals surface area contributed by atoms with Gasteiger partial charge in [0.1, 0.15) is 12.2 Å². The van der Waals surface area contributed by atoms with Gasteiger partial charge in [-0.2, -0.15) is 0 Å². The van der Waals surface area contributed by atoms with Crippen LogP contribution in [0.2, 0.25) is 0 Å². The van der Waals surface area contributed by atoms with Crippen LogP contribution in [-0.4, -0.2) is 24.2 Å². The van der Waals surface area contributed by atoms with Crippen molar-refractivity contribution in [1.29, 1.82) is 0 Å². The second-order valence-corrected chi connectivity index (χ2v) is 7.03. The van der Waals surface area contributed by atoms with E-state index in [0.717, 1.165) is 38.1 Å². The second kappa shape index (κ2) is 7.87. The molecule has 2 aromatic rings. The molecule has 1 aromatic carbocycles. The molecule has 0 bridgehead atoms. The van der Waals surface area contributed by atoms with Crippen molar-refractivity contribution in [3.05, 3.63) is 54.2 Å². The predicted octanol–water partition coefficient (Wildman–Crippen LogP) is 4.13. The number of pyridine rings is 1. The van der Waals surface area contributed by atoms with Crippen LogP contribution >= 0.6 is 0 Å². The first-order chi connectivity index (χ1) is 12.4. The second-order valence-electron chi connectivity index (χ2n) is 7.03. The molecule has 25 heavy (non-hydrogen) atoms. The fourth-order valence-electron chi connectivity index (χ4n) is 3.87. The van der Waals surface area contributed by atoms with Crippen molar-refractivity contribution in [1.82, 2.24) is 10.3 Å². The molecule has 1 aliphatic heterocycles. The van der Waals surface area contributed by atoms with Gasteiger partial charge < -0.3 is 14.8 Å². The van der Waals surface area contributed by atoms with Gasteiger partial charge in [0, 0.05) is 18.7 Å². The Hall–Kier alpha value is -2.07. The van der Waals surface area contributed by atoms with E-state index in [4.69, 9.17) is 9.47 Å². The average Bonchev–Trinajstić information content (AvgIpc) is 3.36. The van der Waals surface area contributed by atoms with Gasteiger partial charge in [0.2, 0.25) is 0 Å². The highest BCUT2D eigenvalue weighted by Crippen LogP contribution is 2.36. The Balaban J connectivity index is 1.57. The maximum absolute atomic E-state index is 6.50. The van der Waals surface area contributed by atoms with Crippen molar-refractivity contribution in [3.8, 4) is 11.6 Å². The molecule has 4 heteroatoms. The molecule has 0 spiro atoms. The van der Waals surface area contributed by atoms with Gasteiger partial charge in [0.05, 0.1) is 0 Å². The summed E-state index contributed by atoms with van der Waals surface area (Å²) in [6.07, 6.45) is 7.92. The normalized spacial score (nSPS) is 22.0. The summed E-state index contributed by atoms with van der Waals surface area (Å²) >= 11 is 0. The topological polar surface area (TPSA) is 43.4 Å². The number of benzene rings is 1. The average molecular weight is 338 g/mol. The number of hydrogen-bond acceptors (Lipinski definition) is 4. The largest absolute Gasteiger partial charge is 0.480 e. The first kappa shape index (κ1) is 16.4. The summed E-state index contributed by atoms with van der Waals surface area (Å²) in [5, 5.41) is 3.45. The molecule has 0 amide bonds. The summed E-state index contributed by atoms with van der Waals surface area (Å²) < 4.78 is 12.7. The Morgan fingerprint density at radius 1 is 1.00 bits per heavy atom. The molecule has 1 aliphatic carbocycles. The van der Waals surface area contributed by atoms with Crippen molar-refractivity contribution in [3.63, 3.8) is 0 Å². The van der Waals surface area contributed by atoms with Crippen LogP contribution in [0.4, 0.5) is 0 Å². The first-order valence-electron chi connectivity index (χ1n) is 9.44. The number of hydrogen-bond donors (Lipinski definition) is 1. The molecule has 4 rings (SSSR count). The summed E-state index contributed by atoms with van der Waals surface area (Å²) in [6, 6.07) is 14.4. The lowest BCUT2D eigenvalue weighted by Crippen LogP contribution is -2.22. The summed E-state index contributed by atoms with van der Waals surface area (Å²) in [6.45, 7) is 2.04. The van der Waals surface area contributed by atoms with Gasteiger partial charge in [-0.15, -0.1) is 0 Å². The van der Waals surface area contributed by atoms with Crippen molar-refractivity contribution in [2.45, 2.75) is 44.3 Å². The van der Waals surface area contributed by atoms with E-state index in [-0.39, 0.29) is 12.2 Å². The Morgan fingerprint density at radius 3 is 2.60 bits per heavy atom. The maximum atomic E-state index is 6.50. The van der Waals surface area contributed by atoms with Gasteiger partial charge in [-0.05, 0) is 56.3 Å². The van der Waals surface area contributed by atoms with Crippen LogP contribution in [-0.2, 0) is 0 Å². The molecule has 0 radical (unpaired) electrons. The summed E-state index contributed by atoms with van der Waals surface area (Å²) in [5.41, 5.74) is 1.21. The van der Waals surface area contributed by atoms with Gasteiger partial charge in [-0.1, -0.05) is 30.3 Å². The van der Waals surface area contributed by atoms with Crippen LogP contribution in [0.3, 0.4) is 0 Å². The predicted molar refractivity (Wildman–Crippen MR) is 97.9 cm³/mol. The maximum Gasteiger partial charge on any atom is 0.257 e. The molecule has 1 saturated heterocycles. The highest BCUT2D eigenvalue weighted by atomic mass is 16.5. The zero-order chi connectivity index (χ0) is 16.9. The first-order valence-corrected chi connectivity index (χ1v) is 9.44. The SMILES string of the molecule is c1ccc(C(Oc2cccnc2OC2CCCC2)[C@H]2CCNC2)cc1. The molecule has 2 heterocycles. The van der Waals surface area contributed by atoms with E-state index in [0.29, 0.717) is 11.8 Å². The number of ether oxygens (including phenoxy) is 2. The van der Waals surface area contributed by atoms with Gasteiger partial charge in [-0.3, -0.25) is 0 Å². The zero-order valence-electron chi connectivity index (χ0n) is 14.6. The Labute approximate surface area is 149 Å². The van der Waals surface area contributed by atoms with Crippen LogP contribution in [0.25, 0.3) is 0 Å². The molecule has 2 aliphatic rings. The van der Waals surface area contributed by atoms with Gasteiger partial charge in [0.25, 0.3) is 5.88 Å². The fraction of sp³-hybridized carbons (Fsp3) is 0.476. The minimum Gasteiger partial charge on any atom is -0.480 e. The zero-order valence-corrected chi connectivity index (χ0v) is 14.6. The standard InChI is InChI=1S/C21H26N2O2/c1-2-7-16(8-3-1)20(17-12-14-22-15-17)25-19-11-6-13-23-21(19)24-18-9-4-5-10-18/h1-3,6-8,11,13,17-18,20,22H,4-5,9-10,12,14-15H2/t17-,20?/m0/s1. The number of aromatic nitrogens is 1. The van der Waals surface area contributed by atoms with Crippen molar-refractivity contribution in [2.24, 2.45) is 5.92 Å². The molecular formula is C21H26N2O2. The Morgan fingerprint density at radius 2 is 1.84 bits per heavy atom. The quantitative estimate of drug-likeness (QED) is 0.860. The molecule has 1 aromatic heterocycles. The third-order valence-electron chi connectivity index (χ3n) is 5.23. The number of nitrogens with one attached hydrogen (secondary N) is 1. The van der Waals surface area contributed by atoms with E-state index < -0.39 is 0 Å². The minimum atomic E-state index is 0.0197. The van der Waals surface area contributed by atoms with Crippen LogP contribution in [0, 0.1) is 5.92 Å². The highest BCUT2D eigenvalue weighted by molar-refractivity contribution is 5.34. The van der Waals surface area contributed by atoms with E-state index in [1.165, 1.54) is 18.4 Å². The molecule has 2 fully saturated rings. The van der Waals surface area contributed by atoms with Gasteiger partial charge >= 0.3 is 0 Å². The summed E-state index contributed by atoms with van der Waals surface area (Å²) in [4.78, 5) is 4.45. The lowest BCUT2D eigenvalue weighted by molar-refractivity contribution is 0.126. The smallest absolute Gasteiger partial charge is 0.257 e. The highest BCUT2D eigenvalue weighted by Gasteiger charge is 2.29. The monoisotopic (exact) mass is 338 g/mol. The van der Waals surface area contributed by atoms with E-state index in [1.54, 1.807) is 6.20 Å². The molecule has 2 atom stereocenters. The van der Waals surface area contributed by atoms with Gasteiger partial charge in [0.15, 0.2) is 5.75 Å². The fourth-order valence-corrected chi connectivity index (χ4v) is 3.87. The Kier molecular flexibility index (Phi) is 5.17. The molecule has 132 valence electrons. The summed E-state index contributed by atoms with van der Waals surface area (Å²) in [5.74, 6) is 1.86. The third kappa shape index (κ3) is 3.96. The molecule has 1 N–H and O–H groups in total. The molecule has 4 nitrogen and oxygen atoms in total. The molecule has 1 saturated carbocycles. The van der Waals surface area contributed by atoms with Crippen LogP contribution in [0.1, 0.15) is 43.8 Å². The van der Waals surface area contributed by atoms with Gasteiger partial charge in [-0.25, -0.2) is 4.98 Å². The van der Waals surface area contributed by atoms with Crippen LogP contribution in [0.5, 0.6) is 11.6 Å². The Bertz CT molecular complexity index is 665. The van der Waals surface area contributed by atoms with E-state index in [1.807, 2.05) is 18.2 Å². The number of rotatable bonds is 6.